The number of hydrogen-bond acceptors (Lipinski definition) is 4. The molecule has 0 bridgehead atoms. The maximum atomic E-state index is 12.0. The van der Waals surface area contributed by atoms with Gasteiger partial charge in [-0.15, -0.1) is 0 Å². The van der Waals surface area contributed by atoms with Gasteiger partial charge in [0.1, 0.15) is 11.6 Å². The quantitative estimate of drug-likeness (QED) is 0.579. The Balaban J connectivity index is 1.42. The molecule has 3 rings (SSSR count). The van der Waals surface area contributed by atoms with E-state index in [2.05, 4.69) is 15.6 Å². The first-order valence-corrected chi connectivity index (χ1v) is 9.40. The first kappa shape index (κ1) is 19.7. The summed E-state index contributed by atoms with van der Waals surface area (Å²) in [6, 6.07) is 19.0. The molecule has 0 aliphatic carbocycles. The van der Waals surface area contributed by atoms with Crippen LogP contribution in [-0.2, 0) is 11.2 Å². The standard InChI is InChI=1S/C22H22ClN3O2/c1-16-5-8-20(9-6-16)28-15-22(27)26-19-7-10-21(25-14-19)24-12-11-17-3-2-4-18(23)13-17/h2-10,13-14H,11-12,15H2,1H3,(H,24,25)(H,26,27). The molecule has 1 amide bonds. The van der Waals surface area contributed by atoms with E-state index in [-0.39, 0.29) is 12.5 Å². The molecular weight excluding hydrogens is 374 g/mol. The summed E-state index contributed by atoms with van der Waals surface area (Å²) in [4.78, 5) is 16.3. The lowest BCUT2D eigenvalue weighted by Crippen LogP contribution is -2.20. The Morgan fingerprint density at radius 1 is 1.11 bits per heavy atom. The van der Waals surface area contributed by atoms with Crippen LogP contribution < -0.4 is 15.4 Å². The van der Waals surface area contributed by atoms with Crippen LogP contribution in [-0.4, -0.2) is 24.0 Å². The summed E-state index contributed by atoms with van der Waals surface area (Å²) in [5.74, 6) is 1.18. The minimum Gasteiger partial charge on any atom is -0.484 e. The Hall–Kier alpha value is -3.05. The van der Waals surface area contributed by atoms with Crippen molar-refractivity contribution in [2.24, 2.45) is 0 Å². The molecule has 0 spiro atoms. The number of pyridine rings is 1. The number of nitrogens with one attached hydrogen (secondary N) is 2. The molecule has 6 heteroatoms. The highest BCUT2D eigenvalue weighted by Crippen LogP contribution is 2.14. The SMILES string of the molecule is Cc1ccc(OCC(=O)Nc2ccc(NCCc3cccc(Cl)c3)nc2)cc1. The van der Waals surface area contributed by atoms with Crippen LogP contribution in [0.25, 0.3) is 0 Å². The number of carbonyl (C=O) groups excluding carboxylic acids is 1. The molecule has 0 radical (unpaired) electrons. The molecule has 2 N–H and O–H groups in total. The summed E-state index contributed by atoms with van der Waals surface area (Å²) in [5, 5.41) is 6.76. The van der Waals surface area contributed by atoms with Gasteiger partial charge >= 0.3 is 0 Å². The van der Waals surface area contributed by atoms with Crippen molar-refractivity contribution < 1.29 is 9.53 Å². The van der Waals surface area contributed by atoms with E-state index in [9.17, 15) is 4.79 Å². The minimum atomic E-state index is -0.232. The second-order valence-corrected chi connectivity index (χ2v) is 6.83. The summed E-state index contributed by atoms with van der Waals surface area (Å²) >= 11 is 5.99. The van der Waals surface area contributed by atoms with Crippen LogP contribution in [0.5, 0.6) is 5.75 Å². The maximum Gasteiger partial charge on any atom is 0.262 e. The molecule has 1 heterocycles. The highest BCUT2D eigenvalue weighted by atomic mass is 35.5. The largest absolute Gasteiger partial charge is 0.484 e. The average Bonchev–Trinajstić information content (AvgIpc) is 2.69. The minimum absolute atomic E-state index is 0.0529. The summed E-state index contributed by atoms with van der Waals surface area (Å²) in [5.41, 5.74) is 2.93. The third-order valence-corrected chi connectivity index (χ3v) is 4.28. The average molecular weight is 396 g/mol. The second-order valence-electron chi connectivity index (χ2n) is 6.39. The fourth-order valence-electron chi connectivity index (χ4n) is 2.58. The fourth-order valence-corrected chi connectivity index (χ4v) is 2.79. The van der Waals surface area contributed by atoms with Crippen molar-refractivity contribution in [3.8, 4) is 5.75 Å². The molecule has 5 nitrogen and oxygen atoms in total. The summed E-state index contributed by atoms with van der Waals surface area (Å²) in [6.45, 7) is 2.69. The zero-order valence-electron chi connectivity index (χ0n) is 15.6. The highest BCUT2D eigenvalue weighted by molar-refractivity contribution is 6.30. The van der Waals surface area contributed by atoms with Gasteiger partial charge in [0, 0.05) is 11.6 Å². The number of hydrogen-bond donors (Lipinski definition) is 2. The van der Waals surface area contributed by atoms with Gasteiger partial charge in [-0.2, -0.15) is 0 Å². The Kier molecular flexibility index (Phi) is 6.87. The van der Waals surface area contributed by atoms with Crippen LogP contribution in [0.1, 0.15) is 11.1 Å². The predicted molar refractivity (Wildman–Crippen MR) is 113 cm³/mol. The number of aryl methyl sites for hydroxylation is 1. The number of ether oxygens (including phenoxy) is 1. The zero-order valence-corrected chi connectivity index (χ0v) is 16.4. The van der Waals surface area contributed by atoms with Crippen LogP contribution >= 0.6 is 11.6 Å². The molecule has 0 aliphatic rings. The molecular formula is C22H22ClN3O2. The lowest BCUT2D eigenvalue weighted by Gasteiger charge is -2.09. The van der Waals surface area contributed by atoms with Gasteiger partial charge in [0.2, 0.25) is 0 Å². The fraction of sp³-hybridized carbons (Fsp3) is 0.182. The molecule has 0 atom stereocenters. The van der Waals surface area contributed by atoms with Crippen LogP contribution in [0.2, 0.25) is 5.02 Å². The first-order valence-electron chi connectivity index (χ1n) is 9.02. The lowest BCUT2D eigenvalue weighted by atomic mass is 10.1. The number of halogens is 1. The normalized spacial score (nSPS) is 10.4. The molecule has 0 unspecified atom stereocenters. The van der Waals surface area contributed by atoms with Gasteiger partial charge in [0.25, 0.3) is 5.91 Å². The van der Waals surface area contributed by atoms with Gasteiger partial charge in [-0.25, -0.2) is 4.98 Å². The third kappa shape index (κ3) is 6.28. The summed E-state index contributed by atoms with van der Waals surface area (Å²) in [6.07, 6.45) is 2.46. The first-order chi connectivity index (χ1) is 13.6. The topological polar surface area (TPSA) is 63.2 Å². The van der Waals surface area contributed by atoms with Crippen LogP contribution in [0.4, 0.5) is 11.5 Å². The maximum absolute atomic E-state index is 12.0. The van der Waals surface area contributed by atoms with E-state index in [0.717, 1.165) is 34.9 Å². The van der Waals surface area contributed by atoms with E-state index >= 15 is 0 Å². The van der Waals surface area contributed by atoms with Crippen LogP contribution in [0.15, 0.2) is 66.9 Å². The number of amides is 1. The van der Waals surface area contributed by atoms with E-state index in [1.165, 1.54) is 0 Å². The highest BCUT2D eigenvalue weighted by Gasteiger charge is 2.05. The van der Waals surface area contributed by atoms with Crippen LogP contribution in [0.3, 0.4) is 0 Å². The number of anilines is 2. The molecule has 0 fully saturated rings. The number of aromatic nitrogens is 1. The van der Waals surface area contributed by atoms with Gasteiger partial charge in [-0.1, -0.05) is 41.4 Å². The van der Waals surface area contributed by atoms with Gasteiger partial charge in [-0.3, -0.25) is 4.79 Å². The number of benzene rings is 2. The lowest BCUT2D eigenvalue weighted by molar-refractivity contribution is -0.118. The van der Waals surface area contributed by atoms with E-state index in [0.29, 0.717) is 11.4 Å². The molecule has 144 valence electrons. The van der Waals surface area contributed by atoms with Crippen molar-refractivity contribution in [3.63, 3.8) is 0 Å². The van der Waals surface area contributed by atoms with Crippen molar-refractivity contribution in [1.29, 1.82) is 0 Å². The van der Waals surface area contributed by atoms with Crippen LogP contribution in [0, 0.1) is 6.92 Å². The van der Waals surface area contributed by atoms with Crippen molar-refractivity contribution in [2.45, 2.75) is 13.3 Å². The zero-order chi connectivity index (χ0) is 19.8. The molecule has 0 aliphatic heterocycles. The molecule has 28 heavy (non-hydrogen) atoms. The van der Waals surface area contributed by atoms with E-state index in [1.807, 2.05) is 61.5 Å². The molecule has 3 aromatic rings. The van der Waals surface area contributed by atoms with E-state index in [4.69, 9.17) is 16.3 Å². The molecule has 1 aromatic heterocycles. The summed E-state index contributed by atoms with van der Waals surface area (Å²) in [7, 11) is 0. The predicted octanol–water partition coefficient (Wildman–Crippen LogP) is 4.72. The summed E-state index contributed by atoms with van der Waals surface area (Å²) < 4.78 is 5.47. The van der Waals surface area contributed by atoms with Gasteiger partial charge in [-0.05, 0) is 55.3 Å². The van der Waals surface area contributed by atoms with Gasteiger partial charge in [0.05, 0.1) is 11.9 Å². The van der Waals surface area contributed by atoms with E-state index < -0.39 is 0 Å². The van der Waals surface area contributed by atoms with Crippen molar-refractivity contribution >= 4 is 29.0 Å². The molecule has 2 aromatic carbocycles. The number of carbonyl (C=O) groups is 1. The van der Waals surface area contributed by atoms with Gasteiger partial charge < -0.3 is 15.4 Å². The van der Waals surface area contributed by atoms with Crippen molar-refractivity contribution in [3.05, 3.63) is 83.0 Å². The monoisotopic (exact) mass is 395 g/mol. The second kappa shape index (κ2) is 9.76. The van der Waals surface area contributed by atoms with E-state index in [1.54, 1.807) is 12.3 Å². The molecule has 0 saturated carbocycles. The number of rotatable bonds is 8. The van der Waals surface area contributed by atoms with Crippen molar-refractivity contribution in [1.82, 2.24) is 4.98 Å². The smallest absolute Gasteiger partial charge is 0.262 e. The number of nitrogens with zero attached hydrogens (tertiary/aromatic N) is 1. The van der Waals surface area contributed by atoms with Gasteiger partial charge in [0.15, 0.2) is 6.61 Å². The Morgan fingerprint density at radius 3 is 2.64 bits per heavy atom. The van der Waals surface area contributed by atoms with Crippen molar-refractivity contribution in [2.75, 3.05) is 23.8 Å². The Labute approximate surface area is 169 Å². The Morgan fingerprint density at radius 2 is 1.93 bits per heavy atom. The Bertz CT molecular complexity index is 912. The third-order valence-electron chi connectivity index (χ3n) is 4.05. The molecule has 0 saturated heterocycles.